The number of fused-ring (bicyclic) bond motifs is 1. The molecule has 5 rings (SSSR count). The Morgan fingerprint density at radius 1 is 1.09 bits per heavy atom. The first kappa shape index (κ1) is 21.5. The van der Waals surface area contributed by atoms with Crippen LogP contribution in [0.2, 0.25) is 5.02 Å². The summed E-state index contributed by atoms with van der Waals surface area (Å²) in [6.45, 7) is 1.60. The van der Waals surface area contributed by atoms with Crippen LogP contribution >= 0.6 is 11.6 Å². The highest BCUT2D eigenvalue weighted by Crippen LogP contribution is 2.33. The highest BCUT2D eigenvalue weighted by atomic mass is 35.5. The predicted molar refractivity (Wildman–Crippen MR) is 129 cm³/mol. The molecule has 0 bridgehead atoms. The van der Waals surface area contributed by atoms with Crippen molar-refractivity contribution in [2.75, 3.05) is 25.0 Å². The number of nitrogens with one attached hydrogen (secondary N) is 1. The summed E-state index contributed by atoms with van der Waals surface area (Å²) in [5, 5.41) is 3.53. The lowest BCUT2D eigenvalue weighted by atomic mass is 10.0. The molecule has 0 saturated carbocycles. The van der Waals surface area contributed by atoms with Gasteiger partial charge in [-0.15, -0.1) is 0 Å². The molecule has 1 aliphatic heterocycles. The number of pyridine rings is 1. The number of hydrogen-bond donors (Lipinski definition) is 1. The Bertz CT molecular complexity index is 1190. The van der Waals surface area contributed by atoms with Crippen molar-refractivity contribution in [1.82, 2.24) is 15.2 Å². The molecule has 1 atom stereocenters. The van der Waals surface area contributed by atoms with Gasteiger partial charge in [-0.2, -0.15) is 0 Å². The molecule has 0 radical (unpaired) electrons. The minimum atomic E-state index is -0.196. The van der Waals surface area contributed by atoms with Gasteiger partial charge in [-0.05, 0) is 60.4 Å². The number of hydrogen-bond acceptors (Lipinski definition) is 4. The molecule has 1 aromatic heterocycles. The van der Waals surface area contributed by atoms with E-state index >= 15 is 0 Å². The van der Waals surface area contributed by atoms with Gasteiger partial charge >= 0.3 is 0 Å². The van der Waals surface area contributed by atoms with Crippen molar-refractivity contribution in [3.05, 3.63) is 94.3 Å². The molecular formula is C26H25ClN4O2. The van der Waals surface area contributed by atoms with Crippen molar-refractivity contribution in [3.63, 3.8) is 0 Å². The fourth-order valence-corrected chi connectivity index (χ4v) is 4.82. The molecule has 1 saturated heterocycles. The highest BCUT2D eigenvalue weighted by Gasteiger charge is 2.33. The number of rotatable bonds is 5. The van der Waals surface area contributed by atoms with E-state index in [2.05, 4.69) is 15.2 Å². The van der Waals surface area contributed by atoms with Crippen LogP contribution in [0.25, 0.3) is 0 Å². The lowest BCUT2D eigenvalue weighted by molar-refractivity contribution is 0.0705. The quantitative estimate of drug-likeness (QED) is 0.622. The van der Waals surface area contributed by atoms with Gasteiger partial charge < -0.3 is 15.1 Å². The Labute approximate surface area is 198 Å². The van der Waals surface area contributed by atoms with Crippen LogP contribution in [-0.2, 0) is 6.42 Å². The Morgan fingerprint density at radius 2 is 1.85 bits per heavy atom. The van der Waals surface area contributed by atoms with Crippen LogP contribution in [0.5, 0.6) is 0 Å². The van der Waals surface area contributed by atoms with E-state index in [0.29, 0.717) is 16.1 Å². The average molecular weight is 461 g/mol. The van der Waals surface area contributed by atoms with Crippen molar-refractivity contribution in [1.29, 1.82) is 0 Å². The first-order valence-electron chi connectivity index (χ1n) is 11.1. The number of carbonyl (C=O) groups excluding carboxylic acids is 2. The lowest BCUT2D eigenvalue weighted by Gasteiger charge is -2.45. The maximum Gasteiger partial charge on any atom is 0.253 e. The third-order valence-corrected chi connectivity index (χ3v) is 6.98. The molecule has 2 heterocycles. The van der Waals surface area contributed by atoms with E-state index < -0.39 is 0 Å². The second-order valence-corrected chi connectivity index (χ2v) is 9.05. The van der Waals surface area contributed by atoms with Gasteiger partial charge in [0.15, 0.2) is 0 Å². The maximum absolute atomic E-state index is 13.2. The molecule has 33 heavy (non-hydrogen) atoms. The molecule has 1 N–H and O–H groups in total. The first-order valence-corrected chi connectivity index (χ1v) is 11.5. The zero-order valence-electron chi connectivity index (χ0n) is 18.4. The summed E-state index contributed by atoms with van der Waals surface area (Å²) < 4.78 is 0. The number of halogens is 1. The van der Waals surface area contributed by atoms with Crippen LogP contribution in [0, 0.1) is 0 Å². The fourth-order valence-electron chi connectivity index (χ4n) is 4.60. The minimum absolute atomic E-state index is 0.000240. The topological polar surface area (TPSA) is 65.5 Å². The zero-order valence-corrected chi connectivity index (χ0v) is 19.1. The van der Waals surface area contributed by atoms with Gasteiger partial charge in [-0.1, -0.05) is 29.8 Å². The Kier molecular flexibility index (Phi) is 5.77. The molecule has 1 fully saturated rings. The SMILES string of the molecule is CN(C(=O)c1ccc2c(c1)[C@H](NC(=O)c1ccccc1Cl)CC2)C1CN(c2ccncc2)C1. The number of carbonyl (C=O) groups is 2. The van der Waals surface area contributed by atoms with Crippen molar-refractivity contribution in [2.24, 2.45) is 0 Å². The van der Waals surface area contributed by atoms with Crippen LogP contribution in [0.1, 0.15) is 44.3 Å². The lowest BCUT2D eigenvalue weighted by Crippen LogP contribution is -2.59. The molecule has 0 unspecified atom stereocenters. The maximum atomic E-state index is 13.2. The largest absolute Gasteiger partial charge is 0.367 e. The third kappa shape index (κ3) is 4.18. The second-order valence-electron chi connectivity index (χ2n) is 8.64. The van der Waals surface area contributed by atoms with Gasteiger partial charge in [-0.25, -0.2) is 0 Å². The zero-order chi connectivity index (χ0) is 22.9. The number of likely N-dealkylation sites (N-methyl/N-ethyl adjacent to an activating group) is 1. The normalized spacial score (nSPS) is 17.3. The highest BCUT2D eigenvalue weighted by molar-refractivity contribution is 6.33. The molecule has 2 amide bonds. The summed E-state index contributed by atoms with van der Waals surface area (Å²) >= 11 is 6.19. The molecule has 2 aromatic carbocycles. The predicted octanol–water partition coefficient (Wildman–Crippen LogP) is 4.11. The Morgan fingerprint density at radius 3 is 2.61 bits per heavy atom. The molecular weight excluding hydrogens is 436 g/mol. The van der Waals surface area contributed by atoms with Crippen LogP contribution in [-0.4, -0.2) is 47.9 Å². The number of aromatic nitrogens is 1. The molecule has 2 aliphatic rings. The van der Waals surface area contributed by atoms with E-state index in [-0.39, 0.29) is 23.9 Å². The molecule has 7 heteroatoms. The standard InChI is InChI=1S/C26H25ClN4O2/c1-30(20-15-31(16-20)19-10-12-28-13-11-19)26(33)18-7-6-17-8-9-24(22(17)14-18)29-25(32)21-4-2-3-5-23(21)27/h2-7,10-14,20,24H,8-9,15-16H2,1H3,(H,29,32)/t24-/m1/s1. The van der Waals surface area contributed by atoms with E-state index in [1.165, 1.54) is 5.56 Å². The van der Waals surface area contributed by atoms with Gasteiger partial charge in [0.2, 0.25) is 0 Å². The molecule has 6 nitrogen and oxygen atoms in total. The Hall–Kier alpha value is -3.38. The summed E-state index contributed by atoms with van der Waals surface area (Å²) in [6, 6.07) is 16.9. The van der Waals surface area contributed by atoms with Crippen molar-refractivity contribution in [2.45, 2.75) is 24.9 Å². The van der Waals surface area contributed by atoms with Gasteiger partial charge in [-0.3, -0.25) is 14.6 Å². The van der Waals surface area contributed by atoms with E-state index in [1.807, 2.05) is 42.3 Å². The smallest absolute Gasteiger partial charge is 0.253 e. The second kappa shape index (κ2) is 8.87. The van der Waals surface area contributed by atoms with Crippen molar-refractivity contribution >= 4 is 29.1 Å². The fraction of sp³-hybridized carbons (Fsp3) is 0.269. The first-order chi connectivity index (χ1) is 16.0. The molecule has 1 aliphatic carbocycles. The van der Waals surface area contributed by atoms with Crippen molar-refractivity contribution in [3.8, 4) is 0 Å². The van der Waals surface area contributed by atoms with E-state index in [0.717, 1.165) is 37.2 Å². The van der Waals surface area contributed by atoms with Crippen LogP contribution in [0.15, 0.2) is 67.0 Å². The number of amides is 2. The summed E-state index contributed by atoms with van der Waals surface area (Å²) in [7, 11) is 1.86. The molecule has 3 aromatic rings. The van der Waals surface area contributed by atoms with Crippen LogP contribution < -0.4 is 10.2 Å². The summed E-state index contributed by atoms with van der Waals surface area (Å²) in [6.07, 6.45) is 5.24. The Balaban J connectivity index is 1.27. The summed E-state index contributed by atoms with van der Waals surface area (Å²) in [5.74, 6) is -0.196. The summed E-state index contributed by atoms with van der Waals surface area (Å²) in [4.78, 5) is 34.1. The number of nitrogens with zero attached hydrogens (tertiary/aromatic N) is 3. The van der Waals surface area contributed by atoms with Crippen LogP contribution in [0.4, 0.5) is 5.69 Å². The molecule has 168 valence electrons. The van der Waals surface area contributed by atoms with E-state index in [9.17, 15) is 9.59 Å². The molecule has 0 spiro atoms. The average Bonchev–Trinajstić information content (AvgIpc) is 3.20. The van der Waals surface area contributed by atoms with Gasteiger partial charge in [0.05, 0.1) is 22.7 Å². The van der Waals surface area contributed by atoms with Crippen LogP contribution in [0.3, 0.4) is 0 Å². The van der Waals surface area contributed by atoms with E-state index in [1.54, 1.807) is 36.7 Å². The number of aryl methyl sites for hydroxylation is 1. The number of benzene rings is 2. The van der Waals surface area contributed by atoms with Gasteiger partial charge in [0, 0.05) is 43.8 Å². The minimum Gasteiger partial charge on any atom is -0.367 e. The van der Waals surface area contributed by atoms with Crippen molar-refractivity contribution < 1.29 is 9.59 Å². The van der Waals surface area contributed by atoms with Gasteiger partial charge in [0.25, 0.3) is 11.8 Å². The monoisotopic (exact) mass is 460 g/mol. The summed E-state index contributed by atoms with van der Waals surface area (Å²) in [5.41, 5.74) is 4.42. The number of anilines is 1. The van der Waals surface area contributed by atoms with Gasteiger partial charge in [0.1, 0.15) is 0 Å². The third-order valence-electron chi connectivity index (χ3n) is 6.65. The van der Waals surface area contributed by atoms with E-state index in [4.69, 9.17) is 11.6 Å².